The third-order valence-corrected chi connectivity index (χ3v) is 4.87. The van der Waals surface area contributed by atoms with Gasteiger partial charge in [0.05, 0.1) is 18.5 Å². The maximum atomic E-state index is 12.5. The van der Waals surface area contributed by atoms with Crippen molar-refractivity contribution in [2.24, 2.45) is 5.73 Å². The number of hydrogen-bond acceptors (Lipinski definition) is 5. The summed E-state index contributed by atoms with van der Waals surface area (Å²) in [4.78, 5) is 4.14. The van der Waals surface area contributed by atoms with Gasteiger partial charge in [0, 0.05) is 19.8 Å². The van der Waals surface area contributed by atoms with Gasteiger partial charge in [0.2, 0.25) is 0 Å². The van der Waals surface area contributed by atoms with E-state index in [1.165, 1.54) is 23.6 Å². The molecule has 0 radical (unpaired) electrons. The van der Waals surface area contributed by atoms with Crippen LogP contribution in [0.2, 0.25) is 0 Å². The molecule has 0 unspecified atom stereocenters. The van der Waals surface area contributed by atoms with Gasteiger partial charge < -0.3 is 10.5 Å². The summed E-state index contributed by atoms with van der Waals surface area (Å²) >= 11 is 0. The van der Waals surface area contributed by atoms with Gasteiger partial charge in [-0.2, -0.15) is 0 Å². The summed E-state index contributed by atoms with van der Waals surface area (Å²) in [5.41, 5.74) is 6.63. The van der Waals surface area contributed by atoms with Gasteiger partial charge >= 0.3 is 0 Å². The molecule has 0 bridgehead atoms. The lowest BCUT2D eigenvalue weighted by atomic mass is 10.3. The number of benzene rings is 1. The highest BCUT2D eigenvalue weighted by molar-refractivity contribution is 7.92. The molecular weight excluding hydrogens is 290 g/mol. The number of aromatic nitrogens is 1. The normalized spacial score (nSPS) is 11.2. The molecule has 2 rings (SSSR count). The lowest BCUT2D eigenvalue weighted by Gasteiger charge is -2.19. The van der Waals surface area contributed by atoms with Crippen LogP contribution in [0.4, 0.5) is 5.69 Å². The standard InChI is InChI=1S/C14H17N3O3S/c1-17(12-4-6-13(20-2)7-5-12)21(18,19)14-8-3-11(9-15)16-10-14/h3-8,10H,9,15H2,1-2H3. The minimum absolute atomic E-state index is 0.123. The average Bonchev–Trinajstić information content (AvgIpc) is 2.54. The molecular formula is C14H17N3O3S. The molecule has 0 spiro atoms. The number of methoxy groups -OCH3 is 1. The monoisotopic (exact) mass is 307 g/mol. The van der Waals surface area contributed by atoms with Crippen molar-refractivity contribution in [3.63, 3.8) is 0 Å². The van der Waals surface area contributed by atoms with Gasteiger partial charge in [0.15, 0.2) is 0 Å². The van der Waals surface area contributed by atoms with Gasteiger partial charge in [0.1, 0.15) is 10.6 Å². The lowest BCUT2D eigenvalue weighted by molar-refractivity contribution is 0.415. The van der Waals surface area contributed by atoms with Crippen LogP contribution in [-0.2, 0) is 16.6 Å². The van der Waals surface area contributed by atoms with Gasteiger partial charge in [-0.3, -0.25) is 9.29 Å². The second-order valence-corrected chi connectivity index (χ2v) is 6.33. The van der Waals surface area contributed by atoms with Crippen LogP contribution >= 0.6 is 0 Å². The van der Waals surface area contributed by atoms with E-state index < -0.39 is 10.0 Å². The number of nitrogens with zero attached hydrogens (tertiary/aromatic N) is 2. The Morgan fingerprint density at radius 2 is 1.86 bits per heavy atom. The zero-order valence-electron chi connectivity index (χ0n) is 11.9. The molecule has 2 aromatic rings. The fraction of sp³-hybridized carbons (Fsp3) is 0.214. The molecule has 1 aromatic carbocycles. The number of rotatable bonds is 5. The van der Waals surface area contributed by atoms with E-state index in [2.05, 4.69) is 4.98 Å². The van der Waals surface area contributed by atoms with Crippen molar-refractivity contribution in [2.75, 3.05) is 18.5 Å². The molecule has 21 heavy (non-hydrogen) atoms. The van der Waals surface area contributed by atoms with Crippen LogP contribution < -0.4 is 14.8 Å². The van der Waals surface area contributed by atoms with Crippen molar-refractivity contribution >= 4 is 15.7 Å². The molecule has 0 aliphatic carbocycles. The smallest absolute Gasteiger partial charge is 0.265 e. The van der Waals surface area contributed by atoms with Crippen molar-refractivity contribution < 1.29 is 13.2 Å². The molecule has 112 valence electrons. The maximum absolute atomic E-state index is 12.5. The Morgan fingerprint density at radius 3 is 2.33 bits per heavy atom. The molecule has 0 atom stereocenters. The van der Waals surface area contributed by atoms with Crippen LogP contribution in [0, 0.1) is 0 Å². The molecule has 0 saturated carbocycles. The summed E-state index contributed by atoms with van der Waals surface area (Å²) in [5, 5.41) is 0. The Labute approximate surface area is 124 Å². The molecule has 1 aromatic heterocycles. The highest BCUT2D eigenvalue weighted by Crippen LogP contribution is 2.23. The maximum Gasteiger partial charge on any atom is 0.265 e. The summed E-state index contributed by atoms with van der Waals surface area (Å²) < 4.78 is 31.3. The van der Waals surface area contributed by atoms with E-state index in [9.17, 15) is 8.42 Å². The number of hydrogen-bond donors (Lipinski definition) is 1. The second-order valence-electron chi connectivity index (χ2n) is 4.36. The first-order valence-corrected chi connectivity index (χ1v) is 7.71. The van der Waals surface area contributed by atoms with Crippen LogP contribution in [-0.4, -0.2) is 27.6 Å². The van der Waals surface area contributed by atoms with Crippen molar-refractivity contribution in [2.45, 2.75) is 11.4 Å². The van der Waals surface area contributed by atoms with E-state index in [4.69, 9.17) is 10.5 Å². The topological polar surface area (TPSA) is 85.5 Å². The molecule has 0 amide bonds. The molecule has 0 aliphatic rings. The third kappa shape index (κ3) is 3.14. The van der Waals surface area contributed by atoms with Crippen LogP contribution in [0.5, 0.6) is 5.75 Å². The fourth-order valence-corrected chi connectivity index (χ4v) is 2.91. The lowest BCUT2D eigenvalue weighted by Crippen LogP contribution is -2.26. The number of anilines is 1. The van der Waals surface area contributed by atoms with Crippen LogP contribution in [0.15, 0.2) is 47.5 Å². The van der Waals surface area contributed by atoms with Gasteiger partial charge in [-0.1, -0.05) is 0 Å². The van der Waals surface area contributed by atoms with Crippen molar-refractivity contribution in [3.05, 3.63) is 48.3 Å². The highest BCUT2D eigenvalue weighted by Gasteiger charge is 2.21. The van der Waals surface area contributed by atoms with E-state index in [-0.39, 0.29) is 11.4 Å². The summed E-state index contributed by atoms with van der Waals surface area (Å²) in [7, 11) is -0.598. The van der Waals surface area contributed by atoms with E-state index in [1.54, 1.807) is 37.4 Å². The molecule has 2 N–H and O–H groups in total. The number of ether oxygens (including phenoxy) is 1. The van der Waals surface area contributed by atoms with Crippen molar-refractivity contribution in [1.29, 1.82) is 0 Å². The summed E-state index contributed by atoms with van der Waals surface area (Å²) in [5.74, 6) is 0.665. The predicted octanol–water partition coefficient (Wildman–Crippen LogP) is 1.37. The van der Waals surface area contributed by atoms with E-state index in [0.29, 0.717) is 17.1 Å². The molecule has 6 nitrogen and oxygen atoms in total. The van der Waals surface area contributed by atoms with Gasteiger partial charge in [-0.15, -0.1) is 0 Å². The van der Waals surface area contributed by atoms with Gasteiger partial charge in [-0.25, -0.2) is 8.42 Å². The first-order valence-electron chi connectivity index (χ1n) is 6.27. The predicted molar refractivity (Wildman–Crippen MR) is 80.7 cm³/mol. The van der Waals surface area contributed by atoms with Crippen LogP contribution in [0.25, 0.3) is 0 Å². The average molecular weight is 307 g/mol. The van der Waals surface area contributed by atoms with E-state index >= 15 is 0 Å². The largest absolute Gasteiger partial charge is 0.497 e. The third-order valence-electron chi connectivity index (χ3n) is 3.10. The zero-order valence-corrected chi connectivity index (χ0v) is 12.7. The Balaban J connectivity index is 2.32. The van der Waals surface area contributed by atoms with Crippen molar-refractivity contribution in [1.82, 2.24) is 4.98 Å². The van der Waals surface area contributed by atoms with E-state index in [1.807, 2.05) is 0 Å². The number of pyridine rings is 1. The zero-order chi connectivity index (χ0) is 15.5. The summed E-state index contributed by atoms with van der Waals surface area (Å²) in [6, 6.07) is 9.88. The van der Waals surface area contributed by atoms with Crippen LogP contribution in [0.3, 0.4) is 0 Å². The minimum Gasteiger partial charge on any atom is -0.497 e. The van der Waals surface area contributed by atoms with E-state index in [0.717, 1.165) is 0 Å². The highest BCUT2D eigenvalue weighted by atomic mass is 32.2. The number of sulfonamides is 1. The SMILES string of the molecule is COc1ccc(N(C)S(=O)(=O)c2ccc(CN)nc2)cc1. The first kappa shape index (κ1) is 15.3. The molecule has 7 heteroatoms. The second kappa shape index (κ2) is 6.11. The summed E-state index contributed by atoms with van der Waals surface area (Å²) in [6.07, 6.45) is 1.32. The molecule has 0 aliphatic heterocycles. The number of nitrogens with two attached hydrogens (primary N) is 1. The quantitative estimate of drug-likeness (QED) is 0.902. The Kier molecular flexibility index (Phi) is 4.44. The first-order chi connectivity index (χ1) is 9.98. The van der Waals surface area contributed by atoms with Gasteiger partial charge in [-0.05, 0) is 36.4 Å². The molecule has 0 saturated heterocycles. The Hall–Kier alpha value is -2.12. The molecule has 1 heterocycles. The van der Waals surface area contributed by atoms with Crippen LogP contribution in [0.1, 0.15) is 5.69 Å². The Bertz CT molecular complexity index is 697. The molecule has 0 fully saturated rings. The van der Waals surface area contributed by atoms with Crippen molar-refractivity contribution in [3.8, 4) is 5.75 Å². The summed E-state index contributed by atoms with van der Waals surface area (Å²) in [6.45, 7) is 0.272. The fourth-order valence-electron chi connectivity index (χ4n) is 1.77. The van der Waals surface area contributed by atoms with Gasteiger partial charge in [0.25, 0.3) is 10.0 Å². The minimum atomic E-state index is -3.65. The Morgan fingerprint density at radius 1 is 1.19 bits per heavy atom.